The van der Waals surface area contributed by atoms with Crippen LogP contribution in [0.15, 0.2) is 24.3 Å². The molecule has 2 saturated carbocycles. The van der Waals surface area contributed by atoms with Crippen molar-refractivity contribution in [3.8, 4) is 0 Å². The van der Waals surface area contributed by atoms with E-state index in [4.69, 9.17) is 5.73 Å². The zero-order chi connectivity index (χ0) is 13.7. The van der Waals surface area contributed by atoms with Crippen LogP contribution in [0.5, 0.6) is 0 Å². The molecule has 0 amide bonds. The van der Waals surface area contributed by atoms with Crippen molar-refractivity contribution >= 4 is 0 Å². The van der Waals surface area contributed by atoms with Crippen molar-refractivity contribution in [2.45, 2.75) is 51.4 Å². The van der Waals surface area contributed by atoms with E-state index in [9.17, 15) is 0 Å². The number of fused-ring (bicyclic) bond motifs is 5. The lowest BCUT2D eigenvalue weighted by Crippen LogP contribution is -2.43. The molecule has 20 heavy (non-hydrogen) atoms. The maximum absolute atomic E-state index is 6.07. The average Bonchev–Trinajstić information content (AvgIpc) is 2.83. The highest BCUT2D eigenvalue weighted by Gasteiger charge is 2.53. The SMILES string of the molecule is C[C@]12CC[C@@H]3c4ccccc4CC[C@H]3[C@@H]1CCC2CN. The minimum Gasteiger partial charge on any atom is -0.330 e. The summed E-state index contributed by atoms with van der Waals surface area (Å²) in [4.78, 5) is 0. The fourth-order valence-electron chi connectivity index (χ4n) is 6.02. The molecule has 0 saturated heterocycles. The van der Waals surface area contributed by atoms with Gasteiger partial charge in [-0.2, -0.15) is 0 Å². The van der Waals surface area contributed by atoms with Gasteiger partial charge in [-0.1, -0.05) is 31.2 Å². The molecule has 5 atom stereocenters. The number of hydrogen-bond donors (Lipinski definition) is 1. The van der Waals surface area contributed by atoms with Gasteiger partial charge in [0.15, 0.2) is 0 Å². The zero-order valence-electron chi connectivity index (χ0n) is 12.6. The second-order valence-electron chi connectivity index (χ2n) is 7.67. The number of rotatable bonds is 1. The highest BCUT2D eigenvalue weighted by atomic mass is 14.6. The quantitative estimate of drug-likeness (QED) is 0.815. The summed E-state index contributed by atoms with van der Waals surface area (Å²) in [5.74, 6) is 3.49. The van der Waals surface area contributed by atoms with Crippen molar-refractivity contribution in [3.05, 3.63) is 35.4 Å². The van der Waals surface area contributed by atoms with Crippen LogP contribution in [0, 0.1) is 23.2 Å². The van der Waals surface area contributed by atoms with Gasteiger partial charge in [0.05, 0.1) is 0 Å². The summed E-state index contributed by atoms with van der Waals surface area (Å²) in [5.41, 5.74) is 9.93. The molecule has 0 radical (unpaired) electrons. The Morgan fingerprint density at radius 2 is 2.00 bits per heavy atom. The fraction of sp³-hybridized carbons (Fsp3) is 0.684. The van der Waals surface area contributed by atoms with E-state index in [-0.39, 0.29) is 0 Å². The second kappa shape index (κ2) is 4.59. The van der Waals surface area contributed by atoms with Gasteiger partial charge in [0, 0.05) is 0 Å². The molecule has 1 heteroatoms. The Morgan fingerprint density at radius 1 is 1.15 bits per heavy atom. The van der Waals surface area contributed by atoms with Crippen molar-refractivity contribution in [2.75, 3.05) is 6.54 Å². The van der Waals surface area contributed by atoms with Crippen LogP contribution in [0.25, 0.3) is 0 Å². The fourth-order valence-corrected chi connectivity index (χ4v) is 6.02. The Morgan fingerprint density at radius 3 is 2.85 bits per heavy atom. The molecular formula is C19H27N. The van der Waals surface area contributed by atoms with Gasteiger partial charge < -0.3 is 5.73 Å². The summed E-state index contributed by atoms with van der Waals surface area (Å²) in [6.07, 6.45) is 8.32. The Hall–Kier alpha value is -0.820. The number of benzene rings is 1. The highest BCUT2D eigenvalue weighted by Crippen LogP contribution is 2.62. The van der Waals surface area contributed by atoms with E-state index in [1.54, 1.807) is 11.1 Å². The molecule has 2 N–H and O–H groups in total. The van der Waals surface area contributed by atoms with Crippen LogP contribution in [0.3, 0.4) is 0 Å². The molecular weight excluding hydrogens is 242 g/mol. The number of nitrogens with two attached hydrogens (primary N) is 1. The summed E-state index contributed by atoms with van der Waals surface area (Å²) in [5, 5.41) is 0. The van der Waals surface area contributed by atoms with E-state index >= 15 is 0 Å². The van der Waals surface area contributed by atoms with Crippen molar-refractivity contribution < 1.29 is 0 Å². The molecule has 0 aliphatic heterocycles. The number of aryl methyl sites for hydroxylation is 1. The first-order valence-corrected chi connectivity index (χ1v) is 8.52. The van der Waals surface area contributed by atoms with Crippen molar-refractivity contribution in [1.82, 2.24) is 0 Å². The van der Waals surface area contributed by atoms with Gasteiger partial charge in [-0.25, -0.2) is 0 Å². The molecule has 3 aliphatic carbocycles. The van der Waals surface area contributed by atoms with E-state index in [1.807, 2.05) is 0 Å². The highest BCUT2D eigenvalue weighted by molar-refractivity contribution is 5.34. The summed E-state index contributed by atoms with van der Waals surface area (Å²) in [6, 6.07) is 9.22. The van der Waals surface area contributed by atoms with Gasteiger partial charge in [0.1, 0.15) is 0 Å². The Balaban J connectivity index is 1.69. The van der Waals surface area contributed by atoms with E-state index < -0.39 is 0 Å². The van der Waals surface area contributed by atoms with Gasteiger partial charge >= 0.3 is 0 Å². The van der Waals surface area contributed by atoms with Crippen LogP contribution in [0.1, 0.15) is 56.1 Å². The predicted molar refractivity (Wildman–Crippen MR) is 83.6 cm³/mol. The van der Waals surface area contributed by atoms with Gasteiger partial charge in [0.25, 0.3) is 0 Å². The van der Waals surface area contributed by atoms with E-state index in [1.165, 1.54) is 38.5 Å². The van der Waals surface area contributed by atoms with E-state index in [0.717, 1.165) is 30.2 Å². The first-order chi connectivity index (χ1) is 9.74. The topological polar surface area (TPSA) is 26.0 Å². The molecule has 2 fully saturated rings. The van der Waals surface area contributed by atoms with Crippen LogP contribution in [-0.4, -0.2) is 6.54 Å². The van der Waals surface area contributed by atoms with Gasteiger partial charge in [-0.3, -0.25) is 0 Å². The molecule has 0 heterocycles. The minimum absolute atomic E-state index is 0.544. The minimum atomic E-state index is 0.544. The molecule has 0 spiro atoms. The third-order valence-corrected chi connectivity index (χ3v) is 7.12. The number of hydrogen-bond acceptors (Lipinski definition) is 1. The lowest BCUT2D eigenvalue weighted by atomic mass is 9.54. The zero-order valence-corrected chi connectivity index (χ0v) is 12.6. The second-order valence-corrected chi connectivity index (χ2v) is 7.67. The molecule has 1 nitrogen and oxygen atoms in total. The average molecular weight is 269 g/mol. The molecule has 4 rings (SSSR count). The first-order valence-electron chi connectivity index (χ1n) is 8.52. The standard InChI is InChI=1S/C19H27N/c1-19-11-10-16-15-5-3-2-4-13(15)6-8-17(16)18(19)9-7-14(19)12-20/h2-5,14,16-18H,6-12,20H2,1H3/t14?,16-,17-,18+,19-/m1/s1. The third-order valence-electron chi connectivity index (χ3n) is 7.12. The van der Waals surface area contributed by atoms with Crippen LogP contribution in [0.4, 0.5) is 0 Å². The van der Waals surface area contributed by atoms with Crippen LogP contribution >= 0.6 is 0 Å². The van der Waals surface area contributed by atoms with Crippen LogP contribution in [-0.2, 0) is 6.42 Å². The smallest absolute Gasteiger partial charge is 0.00435 e. The van der Waals surface area contributed by atoms with Gasteiger partial charge in [-0.15, -0.1) is 0 Å². The third kappa shape index (κ3) is 1.65. The lowest BCUT2D eigenvalue weighted by Gasteiger charge is -2.51. The summed E-state index contributed by atoms with van der Waals surface area (Å²) in [6.45, 7) is 3.46. The molecule has 0 bridgehead atoms. The Bertz CT molecular complexity index is 508. The lowest BCUT2D eigenvalue weighted by molar-refractivity contribution is 0.0309. The monoisotopic (exact) mass is 269 g/mol. The molecule has 108 valence electrons. The molecule has 3 aliphatic rings. The van der Waals surface area contributed by atoms with Crippen molar-refractivity contribution in [1.29, 1.82) is 0 Å². The Kier molecular flexibility index (Phi) is 2.96. The van der Waals surface area contributed by atoms with Crippen LogP contribution < -0.4 is 5.73 Å². The van der Waals surface area contributed by atoms with Crippen molar-refractivity contribution in [3.63, 3.8) is 0 Å². The molecule has 1 unspecified atom stereocenters. The normalized spacial score (nSPS) is 42.7. The van der Waals surface area contributed by atoms with Crippen LogP contribution in [0.2, 0.25) is 0 Å². The summed E-state index contributed by atoms with van der Waals surface area (Å²) < 4.78 is 0. The first kappa shape index (κ1) is 12.9. The van der Waals surface area contributed by atoms with E-state index in [2.05, 4.69) is 31.2 Å². The molecule has 0 aromatic heterocycles. The molecule has 1 aromatic rings. The van der Waals surface area contributed by atoms with Gasteiger partial charge in [0.2, 0.25) is 0 Å². The Labute approximate surface area is 122 Å². The maximum Gasteiger partial charge on any atom is -0.00435 e. The maximum atomic E-state index is 6.07. The van der Waals surface area contributed by atoms with Gasteiger partial charge in [-0.05, 0) is 85.3 Å². The summed E-state index contributed by atoms with van der Waals surface area (Å²) >= 11 is 0. The largest absolute Gasteiger partial charge is 0.330 e. The van der Waals surface area contributed by atoms with Crippen molar-refractivity contribution in [2.24, 2.45) is 28.9 Å². The summed E-state index contributed by atoms with van der Waals surface area (Å²) in [7, 11) is 0. The predicted octanol–water partition coefficient (Wildman–Crippen LogP) is 4.12. The molecule has 1 aromatic carbocycles. The van der Waals surface area contributed by atoms with E-state index in [0.29, 0.717) is 5.41 Å².